The van der Waals surface area contributed by atoms with E-state index in [9.17, 15) is 4.79 Å². The fraction of sp³-hybridized carbons (Fsp3) is 0.471. The van der Waals surface area contributed by atoms with Gasteiger partial charge in [-0.2, -0.15) is 0 Å². The van der Waals surface area contributed by atoms with Crippen LogP contribution in [0.2, 0.25) is 0 Å². The summed E-state index contributed by atoms with van der Waals surface area (Å²) in [5.41, 5.74) is 4.26. The van der Waals surface area contributed by atoms with Crippen molar-refractivity contribution in [3.8, 4) is 0 Å². The Labute approximate surface area is 116 Å². The monoisotopic (exact) mass is 272 g/mol. The van der Waals surface area contributed by atoms with Crippen molar-refractivity contribution in [1.82, 2.24) is 0 Å². The van der Waals surface area contributed by atoms with Gasteiger partial charge in [-0.1, -0.05) is 56.3 Å². The highest BCUT2D eigenvalue weighted by Gasteiger charge is 2.52. The van der Waals surface area contributed by atoms with Crippen LogP contribution in [0, 0.1) is 5.92 Å². The molecule has 0 saturated carbocycles. The van der Waals surface area contributed by atoms with E-state index in [0.29, 0.717) is 29.4 Å². The van der Waals surface area contributed by atoms with E-state index < -0.39 is 0 Å². The minimum Gasteiger partial charge on any atom is -0.299 e. The van der Waals surface area contributed by atoms with Gasteiger partial charge in [0.25, 0.3) is 0 Å². The quantitative estimate of drug-likeness (QED) is 0.603. The number of rotatable bonds is 3. The zero-order chi connectivity index (χ0) is 13.6. The second kappa shape index (κ2) is 4.87. The second-order valence-corrected chi connectivity index (χ2v) is 8.24. The Bertz CT molecular complexity index is 531. The number of Topliss-reactive ketones (excluding diaryl/α,β-unsaturated/α-hetero) is 1. The van der Waals surface area contributed by atoms with Crippen LogP contribution < -0.4 is 5.30 Å². The Kier molecular flexibility index (Phi) is 3.35. The molecule has 2 aliphatic rings. The third kappa shape index (κ3) is 1.91. The lowest BCUT2D eigenvalue weighted by Gasteiger charge is -2.23. The molecule has 2 heteroatoms. The first-order chi connectivity index (χ1) is 9.15. The average Bonchev–Trinajstić information content (AvgIpc) is 2.94. The Morgan fingerprint density at radius 1 is 1.21 bits per heavy atom. The van der Waals surface area contributed by atoms with Crippen LogP contribution in [0.4, 0.5) is 0 Å². The Morgan fingerprint density at radius 2 is 1.89 bits per heavy atom. The summed E-state index contributed by atoms with van der Waals surface area (Å²) >= 11 is 0. The minimum absolute atomic E-state index is 0.203. The van der Waals surface area contributed by atoms with Gasteiger partial charge >= 0.3 is 0 Å². The van der Waals surface area contributed by atoms with Gasteiger partial charge in [-0.25, -0.2) is 0 Å². The number of hydrogen-bond acceptors (Lipinski definition) is 1. The largest absolute Gasteiger partial charge is 0.299 e. The molecule has 1 nitrogen and oxygen atoms in total. The van der Waals surface area contributed by atoms with Gasteiger partial charge in [0.05, 0.1) is 0 Å². The lowest BCUT2D eigenvalue weighted by atomic mass is 9.82. The highest BCUT2D eigenvalue weighted by molar-refractivity contribution is 7.68. The smallest absolute Gasteiger partial charge is 0.136 e. The van der Waals surface area contributed by atoms with Crippen LogP contribution in [0.25, 0.3) is 0 Å². The lowest BCUT2D eigenvalue weighted by molar-refractivity contribution is -0.122. The number of fused-ring (bicyclic) bond motifs is 2. The molecule has 0 aromatic heterocycles. The van der Waals surface area contributed by atoms with Crippen LogP contribution in [-0.4, -0.2) is 17.1 Å². The maximum absolute atomic E-state index is 12.2. The average molecular weight is 272 g/mol. The third-order valence-corrected chi connectivity index (χ3v) is 8.39. The highest BCUT2D eigenvalue weighted by atomic mass is 31.1. The molecule has 0 radical (unpaired) electrons. The summed E-state index contributed by atoms with van der Waals surface area (Å²) in [5.74, 6) is 0.771. The number of carbonyl (C=O) groups excluding carboxylic acids is 1. The number of hydrogen-bond donors (Lipinski definition) is 0. The van der Waals surface area contributed by atoms with Crippen molar-refractivity contribution >= 4 is 19.0 Å². The predicted octanol–water partition coefficient (Wildman–Crippen LogP) is 3.88. The van der Waals surface area contributed by atoms with Gasteiger partial charge in [0.1, 0.15) is 5.78 Å². The lowest BCUT2D eigenvalue weighted by Crippen LogP contribution is -2.26. The zero-order valence-electron chi connectivity index (χ0n) is 11.9. The molecule has 2 aliphatic heterocycles. The third-order valence-electron chi connectivity index (χ3n) is 4.88. The van der Waals surface area contributed by atoms with Crippen LogP contribution in [-0.2, 0) is 4.79 Å². The standard InChI is InChI=1S/C17H21OP/c1-4-15(18)14-10-16-11(2)12(3)17(14)19(16)13-8-6-5-7-9-13/h5-9,14,16-17H,4,10H2,1-3H3/t14-,16+,17+,19+/m1/s1. The molecule has 1 fully saturated rings. The molecular weight excluding hydrogens is 251 g/mol. The summed E-state index contributed by atoms with van der Waals surface area (Å²) in [6.45, 7) is 6.54. The SMILES string of the molecule is CCC(=O)[C@H]1C[C@H]2C(C)=C(C)[C@@H]1[P@@]2c1ccccc1. The molecule has 1 saturated heterocycles. The first kappa shape index (κ1) is 13.1. The van der Waals surface area contributed by atoms with Crippen LogP contribution in [0.5, 0.6) is 0 Å². The van der Waals surface area contributed by atoms with Crippen molar-refractivity contribution in [3.05, 3.63) is 41.5 Å². The summed E-state index contributed by atoms with van der Waals surface area (Å²) in [5, 5.41) is 1.48. The molecular formula is C17H21OP. The van der Waals surface area contributed by atoms with Crippen LogP contribution in [0.1, 0.15) is 33.6 Å². The minimum atomic E-state index is -0.203. The summed E-state index contributed by atoms with van der Waals surface area (Å²) < 4.78 is 0. The van der Waals surface area contributed by atoms with E-state index in [4.69, 9.17) is 0 Å². The molecule has 0 N–H and O–H groups in total. The first-order valence-corrected chi connectivity index (χ1v) is 8.66. The molecule has 0 spiro atoms. The van der Waals surface area contributed by atoms with Gasteiger partial charge in [0, 0.05) is 23.7 Å². The van der Waals surface area contributed by atoms with Gasteiger partial charge in [-0.3, -0.25) is 4.79 Å². The highest BCUT2D eigenvalue weighted by Crippen LogP contribution is 2.67. The Hall–Kier alpha value is -0.940. The van der Waals surface area contributed by atoms with Crippen LogP contribution in [0.3, 0.4) is 0 Å². The van der Waals surface area contributed by atoms with E-state index in [1.807, 2.05) is 6.92 Å². The van der Waals surface area contributed by atoms with E-state index >= 15 is 0 Å². The molecule has 1 aromatic rings. The van der Waals surface area contributed by atoms with E-state index in [1.54, 1.807) is 5.57 Å². The number of allylic oxidation sites excluding steroid dienone is 2. The molecule has 100 valence electrons. The Balaban J connectivity index is 1.99. The number of ketones is 1. The summed E-state index contributed by atoms with van der Waals surface area (Å²) in [6.07, 6.45) is 1.79. The molecule has 3 rings (SSSR count). The van der Waals surface area contributed by atoms with E-state index in [0.717, 1.165) is 6.42 Å². The normalized spacial score (nSPS) is 33.0. The molecule has 0 amide bonds. The molecule has 2 bridgehead atoms. The van der Waals surface area contributed by atoms with Gasteiger partial charge in [0.2, 0.25) is 0 Å². The van der Waals surface area contributed by atoms with Crippen LogP contribution >= 0.6 is 7.92 Å². The van der Waals surface area contributed by atoms with E-state index in [-0.39, 0.29) is 7.92 Å². The van der Waals surface area contributed by atoms with E-state index in [1.165, 1.54) is 10.9 Å². The van der Waals surface area contributed by atoms with Crippen molar-refractivity contribution < 1.29 is 4.79 Å². The van der Waals surface area contributed by atoms with Gasteiger partial charge in [-0.05, 0) is 25.6 Å². The second-order valence-electron chi connectivity index (χ2n) is 5.73. The topological polar surface area (TPSA) is 17.1 Å². The maximum Gasteiger partial charge on any atom is 0.136 e. The molecule has 2 heterocycles. The molecule has 1 aromatic carbocycles. The zero-order valence-corrected chi connectivity index (χ0v) is 12.8. The first-order valence-electron chi connectivity index (χ1n) is 7.18. The fourth-order valence-corrected chi connectivity index (χ4v) is 7.73. The van der Waals surface area contributed by atoms with E-state index in [2.05, 4.69) is 44.2 Å². The number of carbonyl (C=O) groups is 1. The molecule has 0 aliphatic carbocycles. The van der Waals surface area contributed by atoms with Gasteiger partial charge in [-0.15, -0.1) is 0 Å². The molecule has 19 heavy (non-hydrogen) atoms. The maximum atomic E-state index is 12.2. The summed E-state index contributed by atoms with van der Waals surface area (Å²) in [7, 11) is -0.203. The van der Waals surface area contributed by atoms with Crippen molar-refractivity contribution in [2.24, 2.45) is 5.92 Å². The predicted molar refractivity (Wildman–Crippen MR) is 82.4 cm³/mol. The molecule has 0 unspecified atom stereocenters. The van der Waals surface area contributed by atoms with Crippen molar-refractivity contribution in [2.45, 2.75) is 44.9 Å². The van der Waals surface area contributed by atoms with Gasteiger partial charge in [0.15, 0.2) is 0 Å². The van der Waals surface area contributed by atoms with Gasteiger partial charge < -0.3 is 0 Å². The summed E-state index contributed by atoms with van der Waals surface area (Å²) in [6, 6.07) is 10.9. The fourth-order valence-electron chi connectivity index (χ4n) is 3.77. The Morgan fingerprint density at radius 3 is 2.53 bits per heavy atom. The summed E-state index contributed by atoms with van der Waals surface area (Å²) in [4.78, 5) is 12.2. The number of benzene rings is 1. The van der Waals surface area contributed by atoms with Crippen molar-refractivity contribution in [3.63, 3.8) is 0 Å². The van der Waals surface area contributed by atoms with Crippen molar-refractivity contribution in [2.75, 3.05) is 0 Å². The van der Waals surface area contributed by atoms with Crippen molar-refractivity contribution in [1.29, 1.82) is 0 Å². The van der Waals surface area contributed by atoms with Crippen LogP contribution in [0.15, 0.2) is 41.5 Å². The molecule has 4 atom stereocenters.